The number of hydrogen-bond acceptors (Lipinski definition) is 9. The quantitative estimate of drug-likeness (QED) is 0.362. The van der Waals surface area contributed by atoms with Crippen LogP contribution >= 0.6 is 0 Å². The molecular weight excluding hydrogens is 480 g/mol. The van der Waals surface area contributed by atoms with Crippen LogP contribution in [0.25, 0.3) is 0 Å². The molecule has 0 aromatic rings. The van der Waals surface area contributed by atoms with Crippen LogP contribution in [0.1, 0.15) is 87.5 Å². The van der Waals surface area contributed by atoms with Gasteiger partial charge in [-0.2, -0.15) is 0 Å². The summed E-state index contributed by atoms with van der Waals surface area (Å²) in [6.45, 7) is 16.1. The fraction of sp³-hybridized carbons (Fsp3) is 0.808. The maximum Gasteiger partial charge on any atom is 0.338 e. The van der Waals surface area contributed by atoms with Gasteiger partial charge in [-0.15, -0.1) is 0 Å². The smallest absolute Gasteiger partial charge is 0.338 e. The molecule has 3 aliphatic rings. The van der Waals surface area contributed by atoms with Gasteiger partial charge in [0.05, 0.1) is 12.2 Å². The van der Waals surface area contributed by atoms with Crippen LogP contribution in [-0.4, -0.2) is 87.0 Å². The first-order chi connectivity index (χ1) is 16.9. The van der Waals surface area contributed by atoms with Crippen molar-refractivity contribution in [3.8, 4) is 0 Å². The lowest BCUT2D eigenvalue weighted by molar-refractivity contribution is -0.174. The second kappa shape index (κ2) is 10.2. The van der Waals surface area contributed by atoms with Gasteiger partial charge in [-0.1, -0.05) is 0 Å². The summed E-state index contributed by atoms with van der Waals surface area (Å²) in [4.78, 5) is 64.5. The van der Waals surface area contributed by atoms with Crippen molar-refractivity contribution >= 4 is 30.4 Å². The summed E-state index contributed by atoms with van der Waals surface area (Å²) in [5.74, 6) is -1.71. The van der Waals surface area contributed by atoms with Crippen LogP contribution in [0, 0.1) is 0 Å². The Morgan fingerprint density at radius 3 is 1.24 bits per heavy atom. The third-order valence-electron chi connectivity index (χ3n) is 6.96. The molecule has 11 nitrogen and oxygen atoms in total. The summed E-state index contributed by atoms with van der Waals surface area (Å²) >= 11 is 0. The number of ether oxygens (including phenoxy) is 2. The molecule has 208 valence electrons. The third-order valence-corrected chi connectivity index (χ3v) is 6.96. The number of urea groups is 1. The molecule has 0 saturated carbocycles. The van der Waals surface area contributed by atoms with Gasteiger partial charge in [0, 0.05) is 22.2 Å². The molecule has 0 radical (unpaired) electrons. The van der Waals surface area contributed by atoms with Gasteiger partial charge in [0.2, 0.25) is 11.8 Å². The van der Waals surface area contributed by atoms with Crippen molar-refractivity contribution in [1.82, 2.24) is 20.4 Å². The van der Waals surface area contributed by atoms with Crippen LogP contribution in [0.5, 0.6) is 0 Å². The van der Waals surface area contributed by atoms with Crippen LogP contribution in [0.2, 0.25) is 0 Å². The fourth-order valence-corrected chi connectivity index (χ4v) is 6.48. The molecule has 3 aliphatic heterocycles. The van der Waals surface area contributed by atoms with Crippen LogP contribution in [0.3, 0.4) is 0 Å². The van der Waals surface area contributed by atoms with Gasteiger partial charge < -0.3 is 20.1 Å². The summed E-state index contributed by atoms with van der Waals surface area (Å²) in [6.07, 6.45) is -1.68. The Labute approximate surface area is 218 Å². The molecule has 3 fully saturated rings. The number of carbonyl (C=O) groups is 5. The van der Waals surface area contributed by atoms with E-state index in [9.17, 15) is 24.0 Å². The molecule has 3 rings (SSSR count). The van der Waals surface area contributed by atoms with Gasteiger partial charge >= 0.3 is 6.03 Å². The summed E-state index contributed by atoms with van der Waals surface area (Å²) in [5, 5.41) is 7.01. The summed E-state index contributed by atoms with van der Waals surface area (Å²) < 4.78 is 12.0. The predicted molar refractivity (Wildman–Crippen MR) is 134 cm³/mol. The minimum atomic E-state index is -1.53. The molecule has 3 heterocycles. The van der Waals surface area contributed by atoms with Crippen molar-refractivity contribution in [2.45, 2.75) is 134 Å². The zero-order valence-electron chi connectivity index (χ0n) is 23.3. The number of piperidine rings is 2. The summed E-state index contributed by atoms with van der Waals surface area (Å²) in [7, 11) is 0. The lowest BCUT2D eigenvalue weighted by atomic mass is 9.81. The minimum Gasteiger partial charge on any atom is -0.347 e. The van der Waals surface area contributed by atoms with E-state index in [0.29, 0.717) is 48.1 Å². The number of nitrogens with one attached hydrogen (secondary N) is 2. The first-order valence-corrected chi connectivity index (χ1v) is 12.9. The maximum atomic E-state index is 13.4. The Kier molecular flexibility index (Phi) is 8.06. The Balaban J connectivity index is 1.81. The van der Waals surface area contributed by atoms with Gasteiger partial charge in [-0.25, -0.2) is 14.6 Å². The monoisotopic (exact) mass is 522 g/mol. The highest BCUT2D eigenvalue weighted by atomic mass is 16.5. The van der Waals surface area contributed by atoms with Gasteiger partial charge in [-0.05, 0) is 81.1 Å². The van der Waals surface area contributed by atoms with Crippen molar-refractivity contribution in [1.29, 1.82) is 0 Å². The van der Waals surface area contributed by atoms with E-state index in [1.54, 1.807) is 0 Å². The van der Waals surface area contributed by atoms with Crippen molar-refractivity contribution in [2.24, 2.45) is 0 Å². The number of nitrogens with zero attached hydrogens (tertiary/aromatic N) is 2. The minimum absolute atomic E-state index is 0.301. The van der Waals surface area contributed by atoms with Crippen LogP contribution < -0.4 is 10.6 Å². The van der Waals surface area contributed by atoms with E-state index in [-0.39, 0.29) is 22.2 Å². The Bertz CT molecular complexity index is 841. The van der Waals surface area contributed by atoms with Crippen molar-refractivity contribution in [3.63, 3.8) is 0 Å². The molecule has 0 aliphatic carbocycles. The molecule has 3 saturated heterocycles. The SMILES string of the molecule is CC1(C)CC(OC(C=O)N2C(=O)CC(=O)N(C(C=O)OC3CC(C)(C)NC(C)(C)C3)C2=O)CC(C)(C)N1. The second-order valence-corrected chi connectivity index (χ2v) is 13.2. The van der Waals surface area contributed by atoms with E-state index in [2.05, 4.69) is 10.6 Å². The van der Waals surface area contributed by atoms with Gasteiger partial charge in [0.15, 0.2) is 25.0 Å². The molecule has 0 bridgehead atoms. The zero-order valence-corrected chi connectivity index (χ0v) is 23.3. The third kappa shape index (κ3) is 7.01. The molecule has 4 amide bonds. The van der Waals surface area contributed by atoms with Gasteiger partial charge in [-0.3, -0.25) is 19.2 Å². The Hall–Kier alpha value is -2.21. The molecule has 0 aromatic carbocycles. The van der Waals surface area contributed by atoms with Crippen LogP contribution in [0.15, 0.2) is 0 Å². The first kappa shape index (κ1) is 29.3. The standard InChI is InChI=1S/C26H42N4O7/c1-23(2)10-16(11-24(3,4)27-23)36-20(14-31)29-18(33)9-19(34)30(22(29)35)21(15-32)37-17-12-25(5,6)28-26(7,8)13-17/h14-17,20-21,27-28H,9-13H2,1-8H3. The number of aldehydes is 2. The maximum absolute atomic E-state index is 13.4. The normalized spacial score (nSPS) is 27.6. The average molecular weight is 523 g/mol. The fourth-order valence-electron chi connectivity index (χ4n) is 6.48. The van der Waals surface area contributed by atoms with E-state index >= 15 is 0 Å². The Morgan fingerprint density at radius 2 is 0.973 bits per heavy atom. The van der Waals surface area contributed by atoms with E-state index in [0.717, 1.165) is 0 Å². The average Bonchev–Trinajstić information content (AvgIpc) is 2.67. The number of carbonyl (C=O) groups excluding carboxylic acids is 5. The molecule has 0 aromatic heterocycles. The van der Waals surface area contributed by atoms with Gasteiger partial charge in [0.1, 0.15) is 6.42 Å². The number of hydrogen-bond donors (Lipinski definition) is 2. The highest BCUT2D eigenvalue weighted by Gasteiger charge is 2.48. The molecule has 11 heteroatoms. The molecular formula is C26H42N4O7. The molecule has 2 atom stereocenters. The summed E-state index contributed by atoms with van der Waals surface area (Å²) in [5.41, 5.74) is -1.20. The molecule has 37 heavy (non-hydrogen) atoms. The number of rotatable bonds is 8. The van der Waals surface area contributed by atoms with Crippen LogP contribution in [0.4, 0.5) is 4.79 Å². The topological polar surface area (TPSA) is 134 Å². The Morgan fingerprint density at radius 1 is 0.676 bits per heavy atom. The van der Waals surface area contributed by atoms with Crippen molar-refractivity contribution in [3.05, 3.63) is 0 Å². The van der Waals surface area contributed by atoms with E-state index in [1.165, 1.54) is 0 Å². The van der Waals surface area contributed by atoms with E-state index < -0.39 is 48.9 Å². The predicted octanol–water partition coefficient (Wildman–Crippen LogP) is 1.87. The number of amides is 4. The lowest BCUT2D eigenvalue weighted by Crippen LogP contribution is -2.65. The van der Waals surface area contributed by atoms with Crippen LogP contribution in [-0.2, 0) is 28.7 Å². The largest absolute Gasteiger partial charge is 0.347 e. The van der Waals surface area contributed by atoms with Gasteiger partial charge in [0.25, 0.3) is 0 Å². The molecule has 2 N–H and O–H groups in total. The van der Waals surface area contributed by atoms with Crippen molar-refractivity contribution < 1.29 is 33.4 Å². The molecule has 2 unspecified atom stereocenters. The number of barbiturate groups is 1. The van der Waals surface area contributed by atoms with Crippen molar-refractivity contribution in [2.75, 3.05) is 0 Å². The highest BCUT2D eigenvalue weighted by Crippen LogP contribution is 2.33. The highest BCUT2D eigenvalue weighted by molar-refractivity contribution is 6.15. The zero-order chi connectivity index (χ0) is 28.0. The molecule has 0 spiro atoms. The summed E-state index contributed by atoms with van der Waals surface area (Å²) in [6, 6.07) is -1.10. The van der Waals surface area contributed by atoms with E-state index in [1.807, 2.05) is 55.4 Å². The van der Waals surface area contributed by atoms with E-state index in [4.69, 9.17) is 9.47 Å². The second-order valence-electron chi connectivity index (χ2n) is 13.2. The first-order valence-electron chi connectivity index (χ1n) is 12.9. The number of imide groups is 2. The lowest BCUT2D eigenvalue weighted by Gasteiger charge is -2.48.